The molecule has 0 aliphatic rings. The highest BCUT2D eigenvalue weighted by atomic mass is 35.5. The molecule has 0 saturated heterocycles. The molecule has 0 aromatic heterocycles. The predicted molar refractivity (Wildman–Crippen MR) is 159 cm³/mol. The molecule has 0 aliphatic heterocycles. The number of unbranched alkanes of at least 4 members (excludes halogenated alkanes) is 1. The van der Waals surface area contributed by atoms with E-state index in [1.54, 1.807) is 6.08 Å². The van der Waals surface area contributed by atoms with Crippen molar-refractivity contribution in [2.24, 2.45) is 0 Å². The Kier molecular flexibility index (Phi) is 13.0. The molecule has 0 heterocycles. The fourth-order valence-corrected chi connectivity index (χ4v) is 4.87. The van der Waals surface area contributed by atoms with Crippen LogP contribution in [0.25, 0.3) is 0 Å². The van der Waals surface area contributed by atoms with Crippen LogP contribution in [-0.2, 0) is 10.2 Å². The molecule has 0 atom stereocenters. The Labute approximate surface area is 245 Å². The molecule has 0 amide bonds. The maximum atomic E-state index is 6.59. The Hall–Kier alpha value is -1.49. The lowest BCUT2D eigenvalue weighted by Crippen LogP contribution is -2.19. The van der Waals surface area contributed by atoms with E-state index in [1.165, 1.54) is 0 Å². The average molecular weight is 607 g/mol. The summed E-state index contributed by atoms with van der Waals surface area (Å²) in [7, 11) is 0. The topological polar surface area (TPSA) is 27.7 Å². The maximum Gasteiger partial charge on any atom is 0.156 e. The summed E-state index contributed by atoms with van der Waals surface area (Å²) in [5, 5.41) is 2.27. The van der Waals surface area contributed by atoms with Gasteiger partial charge in [0.2, 0.25) is 0 Å². The van der Waals surface area contributed by atoms with E-state index in [0.29, 0.717) is 68.6 Å². The van der Waals surface area contributed by atoms with Crippen LogP contribution in [0.2, 0.25) is 20.1 Å². The molecule has 2 rings (SSSR count). The van der Waals surface area contributed by atoms with Gasteiger partial charge in [-0.2, -0.15) is 0 Å². The Morgan fingerprint density at radius 3 is 1.76 bits per heavy atom. The molecule has 37 heavy (non-hydrogen) atoms. The minimum Gasteiger partial charge on any atom is -0.493 e. The molecule has 2 aromatic rings. The molecule has 0 bridgehead atoms. The van der Waals surface area contributed by atoms with Crippen LogP contribution < -0.4 is 9.47 Å². The summed E-state index contributed by atoms with van der Waals surface area (Å²) in [5.41, 5.74) is 1.30. The maximum absolute atomic E-state index is 6.59. The number of allylic oxidation sites excluding steroid dienone is 2. The van der Waals surface area contributed by atoms with Crippen molar-refractivity contribution >= 4 is 58.0 Å². The lowest BCUT2D eigenvalue weighted by Gasteiger charge is -2.28. The standard InChI is InChI=1S/C29H33Cl5O3/c1-6-8-12-36-27-23(31)15-20(16-24(27)32)29(4,5)21-17-25(33)28(26(34)18-21)37-14-10-9-13-35-19(3)22(30)11-7-2/h6,11,15-18H,1,3,7-10,12-14H2,2,4-5H3/b22-11+. The zero-order valence-electron chi connectivity index (χ0n) is 21.4. The van der Waals surface area contributed by atoms with Crippen LogP contribution in [0.4, 0.5) is 0 Å². The van der Waals surface area contributed by atoms with Gasteiger partial charge < -0.3 is 14.2 Å². The Balaban J connectivity index is 2.05. The Morgan fingerprint density at radius 2 is 1.30 bits per heavy atom. The lowest BCUT2D eigenvalue weighted by molar-refractivity contribution is 0.205. The van der Waals surface area contributed by atoms with Crippen LogP contribution in [-0.4, -0.2) is 19.8 Å². The molecule has 0 saturated carbocycles. The summed E-state index contributed by atoms with van der Waals surface area (Å²) in [6.07, 6.45) is 6.67. The predicted octanol–water partition coefficient (Wildman–Crippen LogP) is 10.8. The summed E-state index contributed by atoms with van der Waals surface area (Å²) in [6, 6.07) is 7.41. The first-order valence-electron chi connectivity index (χ1n) is 12.1. The van der Waals surface area contributed by atoms with Gasteiger partial charge in [0.25, 0.3) is 0 Å². The highest BCUT2D eigenvalue weighted by Gasteiger charge is 2.27. The molecule has 3 nitrogen and oxygen atoms in total. The van der Waals surface area contributed by atoms with Crippen LogP contribution in [0.15, 0.2) is 60.4 Å². The van der Waals surface area contributed by atoms with Crippen molar-refractivity contribution < 1.29 is 14.2 Å². The fourth-order valence-electron chi connectivity index (χ4n) is 3.46. The van der Waals surface area contributed by atoms with E-state index in [4.69, 9.17) is 72.2 Å². The van der Waals surface area contributed by atoms with Crippen LogP contribution in [0.1, 0.15) is 57.6 Å². The van der Waals surface area contributed by atoms with Gasteiger partial charge in [-0.15, -0.1) is 6.58 Å². The third-order valence-corrected chi connectivity index (χ3v) is 7.21. The molecular formula is C29H33Cl5O3. The van der Waals surface area contributed by atoms with E-state index < -0.39 is 5.41 Å². The second-order valence-corrected chi connectivity index (χ2v) is 10.9. The molecule has 0 aliphatic carbocycles. The minimum atomic E-state index is -0.494. The molecule has 0 radical (unpaired) electrons. The summed E-state index contributed by atoms with van der Waals surface area (Å²) in [6.45, 7) is 15.0. The quantitative estimate of drug-likeness (QED) is 0.0874. The minimum absolute atomic E-state index is 0.429. The van der Waals surface area contributed by atoms with E-state index in [0.717, 1.165) is 30.4 Å². The van der Waals surface area contributed by atoms with Gasteiger partial charge in [0.1, 0.15) is 5.76 Å². The van der Waals surface area contributed by atoms with Crippen molar-refractivity contribution in [3.05, 3.63) is 91.6 Å². The van der Waals surface area contributed by atoms with E-state index in [-0.39, 0.29) is 0 Å². The number of hydrogen-bond donors (Lipinski definition) is 0. The average Bonchev–Trinajstić information content (AvgIpc) is 2.84. The van der Waals surface area contributed by atoms with Gasteiger partial charge in [0, 0.05) is 5.41 Å². The molecule has 0 unspecified atom stereocenters. The van der Waals surface area contributed by atoms with Gasteiger partial charge in [-0.1, -0.05) is 97.5 Å². The van der Waals surface area contributed by atoms with Crippen molar-refractivity contribution in [1.82, 2.24) is 0 Å². The first-order valence-corrected chi connectivity index (χ1v) is 13.9. The summed E-state index contributed by atoms with van der Waals surface area (Å²) in [4.78, 5) is 0. The second-order valence-electron chi connectivity index (χ2n) is 8.88. The molecule has 0 spiro atoms. The number of benzene rings is 2. The van der Waals surface area contributed by atoms with Crippen molar-refractivity contribution in [2.45, 2.75) is 51.9 Å². The zero-order valence-corrected chi connectivity index (χ0v) is 25.2. The highest BCUT2D eigenvalue weighted by Crippen LogP contribution is 2.43. The normalized spacial score (nSPS) is 11.8. The summed E-state index contributed by atoms with van der Waals surface area (Å²) < 4.78 is 17.2. The summed E-state index contributed by atoms with van der Waals surface area (Å²) >= 11 is 32.3. The number of ether oxygens (including phenoxy) is 3. The Bertz CT molecular complexity index is 1080. The number of rotatable bonds is 15. The molecular weight excluding hydrogens is 574 g/mol. The van der Waals surface area contributed by atoms with Gasteiger partial charge in [-0.3, -0.25) is 0 Å². The lowest BCUT2D eigenvalue weighted by atomic mass is 9.78. The van der Waals surface area contributed by atoms with Gasteiger partial charge in [0.05, 0.1) is 44.9 Å². The smallest absolute Gasteiger partial charge is 0.156 e. The largest absolute Gasteiger partial charge is 0.493 e. The SMILES string of the molecule is C=CCCOc1c(Cl)cc(C(C)(C)c2cc(Cl)c(OCCCCOC(=C)/C(Cl)=C\CC)c(Cl)c2)cc1Cl. The van der Waals surface area contributed by atoms with E-state index >= 15 is 0 Å². The van der Waals surface area contributed by atoms with Crippen LogP contribution in [0, 0.1) is 0 Å². The van der Waals surface area contributed by atoms with Crippen molar-refractivity contribution in [1.29, 1.82) is 0 Å². The number of hydrogen-bond acceptors (Lipinski definition) is 3. The first-order chi connectivity index (χ1) is 17.5. The van der Waals surface area contributed by atoms with Crippen molar-refractivity contribution in [2.75, 3.05) is 19.8 Å². The van der Waals surface area contributed by atoms with Crippen LogP contribution in [0.5, 0.6) is 11.5 Å². The molecule has 202 valence electrons. The van der Waals surface area contributed by atoms with Crippen LogP contribution in [0.3, 0.4) is 0 Å². The zero-order chi connectivity index (χ0) is 27.6. The monoisotopic (exact) mass is 604 g/mol. The van der Waals surface area contributed by atoms with Gasteiger partial charge in [-0.25, -0.2) is 0 Å². The molecule has 8 heteroatoms. The van der Waals surface area contributed by atoms with E-state index in [9.17, 15) is 0 Å². The molecule has 0 fully saturated rings. The fraction of sp³-hybridized carbons (Fsp3) is 0.379. The molecule has 2 aromatic carbocycles. The third-order valence-electron chi connectivity index (χ3n) is 5.72. The first kappa shape index (κ1) is 31.7. The van der Waals surface area contributed by atoms with E-state index in [2.05, 4.69) is 13.2 Å². The third kappa shape index (κ3) is 9.04. The highest BCUT2D eigenvalue weighted by molar-refractivity contribution is 6.38. The van der Waals surface area contributed by atoms with Crippen molar-refractivity contribution in [3.8, 4) is 11.5 Å². The van der Waals surface area contributed by atoms with Gasteiger partial charge >= 0.3 is 0 Å². The van der Waals surface area contributed by atoms with Gasteiger partial charge in [0.15, 0.2) is 11.5 Å². The van der Waals surface area contributed by atoms with Gasteiger partial charge in [-0.05, 0) is 61.1 Å². The van der Waals surface area contributed by atoms with Crippen molar-refractivity contribution in [3.63, 3.8) is 0 Å². The Morgan fingerprint density at radius 1 is 0.838 bits per heavy atom. The molecule has 0 N–H and O–H groups in total. The number of halogens is 5. The van der Waals surface area contributed by atoms with E-state index in [1.807, 2.05) is 51.1 Å². The van der Waals surface area contributed by atoms with Crippen LogP contribution >= 0.6 is 58.0 Å². The second kappa shape index (κ2) is 15.2. The summed E-state index contributed by atoms with van der Waals surface area (Å²) in [5.74, 6) is 1.38.